The molecule has 0 saturated heterocycles. The van der Waals surface area contributed by atoms with Gasteiger partial charge in [0.05, 0.1) is 11.6 Å². The Morgan fingerprint density at radius 2 is 1.87 bits per heavy atom. The first-order valence-corrected chi connectivity index (χ1v) is 7.82. The predicted octanol–water partition coefficient (Wildman–Crippen LogP) is 4.45. The molecule has 0 spiro atoms. The number of hydrogen-bond acceptors (Lipinski definition) is 3. The molecule has 0 aliphatic carbocycles. The fourth-order valence-corrected chi connectivity index (χ4v) is 2.43. The van der Waals surface area contributed by atoms with Crippen LogP contribution >= 0.6 is 0 Å². The molecule has 1 aromatic heterocycles. The summed E-state index contributed by atoms with van der Waals surface area (Å²) in [5.74, 6) is -0.104. The molecular formula is C19H25NO3. The van der Waals surface area contributed by atoms with Crippen LogP contribution in [-0.4, -0.2) is 27.5 Å². The molecule has 0 saturated carbocycles. The number of fused-ring (bicyclic) bond motifs is 1. The van der Waals surface area contributed by atoms with E-state index in [1.165, 1.54) is 4.57 Å². The lowest BCUT2D eigenvalue weighted by molar-refractivity contribution is 0.0544. The van der Waals surface area contributed by atoms with Crippen molar-refractivity contribution >= 4 is 22.6 Å². The Kier molecular flexibility index (Phi) is 4.66. The lowest BCUT2D eigenvalue weighted by Crippen LogP contribution is -2.26. The fourth-order valence-electron chi connectivity index (χ4n) is 2.43. The van der Waals surface area contributed by atoms with Crippen molar-refractivity contribution in [3.05, 3.63) is 42.6 Å². The van der Waals surface area contributed by atoms with Crippen molar-refractivity contribution < 1.29 is 14.6 Å². The Morgan fingerprint density at radius 3 is 2.43 bits per heavy atom. The Bertz CT molecular complexity index is 735. The maximum atomic E-state index is 12.5. The minimum absolute atomic E-state index is 0.104. The van der Waals surface area contributed by atoms with E-state index in [0.717, 1.165) is 22.0 Å². The Labute approximate surface area is 137 Å². The van der Waals surface area contributed by atoms with Crippen molar-refractivity contribution in [1.29, 1.82) is 0 Å². The molecule has 0 radical (unpaired) electrons. The van der Waals surface area contributed by atoms with Gasteiger partial charge in [0.1, 0.15) is 5.60 Å². The molecule has 2 atom stereocenters. The van der Waals surface area contributed by atoms with Gasteiger partial charge in [-0.15, -0.1) is 0 Å². The summed E-state index contributed by atoms with van der Waals surface area (Å²) in [4.78, 5) is 12.5. The van der Waals surface area contributed by atoms with Crippen molar-refractivity contribution in [2.75, 3.05) is 0 Å². The lowest BCUT2D eigenvalue weighted by Gasteiger charge is -2.19. The highest BCUT2D eigenvalue weighted by Gasteiger charge is 2.23. The normalized spacial score (nSPS) is 14.5. The average Bonchev–Trinajstić information content (AvgIpc) is 2.83. The summed E-state index contributed by atoms with van der Waals surface area (Å²) in [6, 6.07) is 7.63. The molecule has 0 amide bonds. The largest absolute Gasteiger partial charge is 0.443 e. The summed E-state index contributed by atoms with van der Waals surface area (Å²) >= 11 is 0. The quantitative estimate of drug-likeness (QED) is 0.910. The highest BCUT2D eigenvalue weighted by molar-refractivity contribution is 5.98. The smallest absolute Gasteiger partial charge is 0.419 e. The minimum Gasteiger partial charge on any atom is -0.443 e. The van der Waals surface area contributed by atoms with Gasteiger partial charge in [-0.2, -0.15) is 0 Å². The van der Waals surface area contributed by atoms with E-state index in [1.807, 2.05) is 52.0 Å². The van der Waals surface area contributed by atoms with E-state index in [9.17, 15) is 9.90 Å². The first-order valence-electron chi connectivity index (χ1n) is 7.82. The molecule has 2 rings (SSSR count). The van der Waals surface area contributed by atoms with Crippen LogP contribution in [0.3, 0.4) is 0 Å². The predicted molar refractivity (Wildman–Crippen MR) is 93.4 cm³/mol. The summed E-state index contributed by atoms with van der Waals surface area (Å²) < 4.78 is 6.99. The summed E-state index contributed by atoms with van der Waals surface area (Å²) in [6.07, 6.45) is 0.823. The molecule has 0 aliphatic rings. The molecule has 4 nitrogen and oxygen atoms in total. The van der Waals surface area contributed by atoms with Crippen LogP contribution < -0.4 is 0 Å². The van der Waals surface area contributed by atoms with E-state index in [0.29, 0.717) is 0 Å². The molecule has 0 aliphatic heterocycles. The number of aliphatic hydroxyl groups is 1. The van der Waals surface area contributed by atoms with Crippen molar-refractivity contribution in [3.63, 3.8) is 0 Å². The van der Waals surface area contributed by atoms with Gasteiger partial charge >= 0.3 is 6.09 Å². The van der Waals surface area contributed by atoms with Gasteiger partial charge in [-0.05, 0) is 39.3 Å². The molecule has 23 heavy (non-hydrogen) atoms. The SMILES string of the molecule is C=C(c1cn(C(=O)OC(C)(C)C)c2ccccc12)[C@@H](C)[C@@H](C)O. The molecule has 0 fully saturated rings. The maximum absolute atomic E-state index is 12.5. The van der Waals surface area contributed by atoms with Crippen LogP contribution in [0.2, 0.25) is 0 Å². The van der Waals surface area contributed by atoms with Gasteiger partial charge in [-0.3, -0.25) is 4.57 Å². The first-order chi connectivity index (χ1) is 10.6. The highest BCUT2D eigenvalue weighted by Crippen LogP contribution is 2.32. The van der Waals surface area contributed by atoms with E-state index >= 15 is 0 Å². The second kappa shape index (κ2) is 6.20. The van der Waals surface area contributed by atoms with Gasteiger partial charge in [-0.25, -0.2) is 4.79 Å². The summed E-state index contributed by atoms with van der Waals surface area (Å²) in [5.41, 5.74) is 1.88. The first kappa shape index (κ1) is 17.3. The average molecular weight is 315 g/mol. The third-order valence-electron chi connectivity index (χ3n) is 3.92. The molecule has 1 N–H and O–H groups in total. The van der Waals surface area contributed by atoms with Gasteiger partial charge < -0.3 is 9.84 Å². The number of rotatable bonds is 3. The van der Waals surface area contributed by atoms with Crippen LogP contribution in [0.5, 0.6) is 0 Å². The zero-order valence-corrected chi connectivity index (χ0v) is 14.5. The molecule has 1 heterocycles. The molecule has 4 heteroatoms. The number of ether oxygens (including phenoxy) is 1. The molecular weight excluding hydrogens is 290 g/mol. The standard InChI is InChI=1S/C19H25NO3/c1-12(14(3)21)13(2)16-11-20(18(22)23-19(4,5)6)17-10-8-7-9-15(16)17/h7-12,14,21H,2H2,1,3-6H3/t12-,14-/m1/s1. The van der Waals surface area contributed by atoms with E-state index in [1.54, 1.807) is 13.1 Å². The summed E-state index contributed by atoms with van der Waals surface area (Å²) in [6.45, 7) is 13.3. The van der Waals surface area contributed by atoms with Crippen LogP contribution in [0.4, 0.5) is 4.79 Å². The second-order valence-electron chi connectivity index (χ2n) is 6.96. The Morgan fingerprint density at radius 1 is 1.26 bits per heavy atom. The van der Waals surface area contributed by atoms with Crippen molar-refractivity contribution in [1.82, 2.24) is 4.57 Å². The zero-order valence-electron chi connectivity index (χ0n) is 14.5. The maximum Gasteiger partial charge on any atom is 0.419 e. The number of hydrogen-bond donors (Lipinski definition) is 1. The molecule has 0 unspecified atom stereocenters. The topological polar surface area (TPSA) is 51.5 Å². The van der Waals surface area contributed by atoms with Crippen LogP contribution in [-0.2, 0) is 4.74 Å². The highest BCUT2D eigenvalue weighted by atomic mass is 16.6. The fraction of sp³-hybridized carbons (Fsp3) is 0.421. The van der Waals surface area contributed by atoms with Gasteiger partial charge in [0.15, 0.2) is 0 Å². The third kappa shape index (κ3) is 3.64. The number of benzene rings is 1. The molecule has 0 bridgehead atoms. The van der Waals surface area contributed by atoms with Crippen LogP contribution in [0.25, 0.3) is 16.5 Å². The monoisotopic (exact) mass is 315 g/mol. The number of aliphatic hydroxyl groups excluding tert-OH is 1. The molecule has 2 aromatic rings. The Balaban J connectivity index is 2.53. The number of carbonyl (C=O) groups is 1. The lowest BCUT2D eigenvalue weighted by atomic mass is 9.91. The van der Waals surface area contributed by atoms with Crippen LogP contribution in [0.1, 0.15) is 40.2 Å². The number of aromatic nitrogens is 1. The second-order valence-corrected chi connectivity index (χ2v) is 6.96. The van der Waals surface area contributed by atoms with Crippen LogP contribution in [0, 0.1) is 5.92 Å². The third-order valence-corrected chi connectivity index (χ3v) is 3.92. The van der Waals surface area contributed by atoms with Crippen molar-refractivity contribution in [2.24, 2.45) is 5.92 Å². The van der Waals surface area contributed by atoms with E-state index in [4.69, 9.17) is 4.74 Å². The van der Waals surface area contributed by atoms with E-state index in [2.05, 4.69) is 6.58 Å². The number of para-hydroxylation sites is 1. The van der Waals surface area contributed by atoms with Crippen LogP contribution in [0.15, 0.2) is 37.0 Å². The van der Waals surface area contributed by atoms with Crippen molar-refractivity contribution in [2.45, 2.75) is 46.3 Å². The molecule has 124 valence electrons. The summed E-state index contributed by atoms with van der Waals surface area (Å²) in [7, 11) is 0. The van der Waals surface area contributed by atoms with Gasteiger partial charge in [0.25, 0.3) is 0 Å². The number of carbonyl (C=O) groups excluding carboxylic acids is 1. The van der Waals surface area contributed by atoms with Crippen molar-refractivity contribution in [3.8, 4) is 0 Å². The van der Waals surface area contributed by atoms with Gasteiger partial charge in [0, 0.05) is 23.1 Å². The molecule has 1 aromatic carbocycles. The van der Waals surface area contributed by atoms with Gasteiger partial charge in [0.2, 0.25) is 0 Å². The zero-order chi connectivity index (χ0) is 17.4. The van der Waals surface area contributed by atoms with E-state index in [-0.39, 0.29) is 5.92 Å². The Hall–Kier alpha value is -2.07. The van der Waals surface area contributed by atoms with Gasteiger partial charge in [-0.1, -0.05) is 31.7 Å². The number of nitrogens with zero attached hydrogens (tertiary/aromatic N) is 1. The van der Waals surface area contributed by atoms with E-state index < -0.39 is 17.8 Å². The summed E-state index contributed by atoms with van der Waals surface area (Å²) in [5, 5.41) is 10.8. The minimum atomic E-state index is -0.563.